The molecule has 1 aromatic heterocycles. The first kappa shape index (κ1) is 18.0. The summed E-state index contributed by atoms with van der Waals surface area (Å²) in [7, 11) is 0. The van der Waals surface area contributed by atoms with E-state index in [1.165, 1.54) is 0 Å². The van der Waals surface area contributed by atoms with Crippen molar-refractivity contribution in [2.45, 2.75) is 27.2 Å². The first-order valence-corrected chi connectivity index (χ1v) is 8.77. The maximum absolute atomic E-state index is 12.7. The van der Waals surface area contributed by atoms with Crippen LogP contribution in [-0.2, 0) is 4.79 Å². The lowest BCUT2D eigenvalue weighted by Gasteiger charge is -2.34. The van der Waals surface area contributed by atoms with E-state index in [4.69, 9.17) is 0 Å². The Labute approximate surface area is 152 Å². The summed E-state index contributed by atoms with van der Waals surface area (Å²) in [6, 6.07) is 9.44. The molecule has 2 heterocycles. The highest BCUT2D eigenvalue weighted by molar-refractivity contribution is 5.91. The van der Waals surface area contributed by atoms with E-state index in [9.17, 15) is 14.7 Å². The van der Waals surface area contributed by atoms with E-state index in [0.717, 1.165) is 17.1 Å². The second kappa shape index (κ2) is 7.19. The predicted octanol–water partition coefficient (Wildman–Crippen LogP) is 3.06. The van der Waals surface area contributed by atoms with Crippen molar-refractivity contribution in [2.24, 2.45) is 11.8 Å². The highest BCUT2D eigenvalue weighted by Crippen LogP contribution is 2.25. The Morgan fingerprint density at radius 1 is 1.19 bits per heavy atom. The molecule has 1 aliphatic rings. The van der Waals surface area contributed by atoms with Gasteiger partial charge in [-0.2, -0.15) is 5.10 Å². The van der Waals surface area contributed by atoms with Crippen LogP contribution in [0.5, 0.6) is 0 Å². The summed E-state index contributed by atoms with van der Waals surface area (Å²) < 4.78 is 1.80. The van der Waals surface area contributed by atoms with Crippen LogP contribution in [0.15, 0.2) is 30.3 Å². The average Bonchev–Trinajstić information content (AvgIpc) is 2.90. The van der Waals surface area contributed by atoms with Crippen LogP contribution in [-0.4, -0.2) is 44.9 Å². The molecule has 2 aromatic rings. The number of hydrogen-bond donors (Lipinski definition) is 2. The Hall–Kier alpha value is -2.83. The fourth-order valence-electron chi connectivity index (χ4n) is 3.53. The molecule has 138 valence electrons. The topological polar surface area (TPSA) is 87.5 Å². The number of urea groups is 1. The van der Waals surface area contributed by atoms with E-state index in [-0.39, 0.29) is 18.5 Å². The van der Waals surface area contributed by atoms with Crippen molar-refractivity contribution in [2.75, 3.05) is 18.4 Å². The maximum Gasteiger partial charge on any atom is 0.321 e. The summed E-state index contributed by atoms with van der Waals surface area (Å²) in [4.78, 5) is 25.6. The summed E-state index contributed by atoms with van der Waals surface area (Å²) in [5.41, 5.74) is 3.15. The zero-order chi connectivity index (χ0) is 18.8. The number of nitrogens with one attached hydrogen (secondary N) is 1. The van der Waals surface area contributed by atoms with Gasteiger partial charge in [-0.15, -0.1) is 0 Å². The van der Waals surface area contributed by atoms with Gasteiger partial charge in [0, 0.05) is 13.1 Å². The van der Waals surface area contributed by atoms with Crippen LogP contribution in [0.1, 0.15) is 24.7 Å². The maximum atomic E-state index is 12.7. The number of benzene rings is 1. The standard InChI is InChI=1S/C19H24N4O3/c1-12-9-15(18(24)25)11-22(10-12)19(26)20-17-13(2)21-23(14(17)3)16-7-5-4-6-8-16/h4-8,12,15H,9-11H2,1-3H3,(H,20,26)(H,24,25). The highest BCUT2D eigenvalue weighted by atomic mass is 16.4. The van der Waals surface area contributed by atoms with Crippen LogP contribution in [0.25, 0.3) is 5.69 Å². The lowest BCUT2D eigenvalue weighted by Crippen LogP contribution is -2.47. The number of carbonyl (C=O) groups is 2. The quantitative estimate of drug-likeness (QED) is 0.885. The van der Waals surface area contributed by atoms with Crippen molar-refractivity contribution in [3.8, 4) is 5.69 Å². The number of carboxylic acid groups (broad SMARTS) is 1. The van der Waals surface area contributed by atoms with Gasteiger partial charge in [0.15, 0.2) is 0 Å². The van der Waals surface area contributed by atoms with Gasteiger partial charge < -0.3 is 15.3 Å². The number of aromatic nitrogens is 2. The zero-order valence-corrected chi connectivity index (χ0v) is 15.3. The fraction of sp³-hybridized carbons (Fsp3) is 0.421. The van der Waals surface area contributed by atoms with E-state index < -0.39 is 11.9 Å². The molecule has 26 heavy (non-hydrogen) atoms. The SMILES string of the molecule is Cc1nn(-c2ccccc2)c(C)c1NC(=O)N1CC(C)CC(C(=O)O)C1. The third-order valence-electron chi connectivity index (χ3n) is 4.82. The minimum atomic E-state index is -0.849. The molecule has 2 unspecified atom stereocenters. The molecule has 2 amide bonds. The average molecular weight is 356 g/mol. The molecule has 2 N–H and O–H groups in total. The summed E-state index contributed by atoms with van der Waals surface area (Å²) in [5, 5.41) is 16.7. The van der Waals surface area contributed by atoms with E-state index in [1.54, 1.807) is 9.58 Å². The van der Waals surface area contributed by atoms with Gasteiger partial charge in [-0.05, 0) is 38.3 Å². The van der Waals surface area contributed by atoms with E-state index >= 15 is 0 Å². The van der Waals surface area contributed by atoms with Crippen molar-refractivity contribution in [3.63, 3.8) is 0 Å². The summed E-state index contributed by atoms with van der Waals surface area (Å²) in [6.07, 6.45) is 0.600. The van der Waals surface area contributed by atoms with E-state index in [0.29, 0.717) is 18.7 Å². The normalized spacial score (nSPS) is 20.0. The molecular formula is C19H24N4O3. The second-order valence-corrected chi connectivity index (χ2v) is 7.00. The Morgan fingerprint density at radius 2 is 1.88 bits per heavy atom. The van der Waals surface area contributed by atoms with Crippen LogP contribution in [0.2, 0.25) is 0 Å². The number of likely N-dealkylation sites (tertiary alicyclic amines) is 1. The summed E-state index contributed by atoms with van der Waals surface area (Å²) in [6.45, 7) is 6.51. The first-order chi connectivity index (χ1) is 12.4. The van der Waals surface area contributed by atoms with E-state index in [2.05, 4.69) is 10.4 Å². The van der Waals surface area contributed by atoms with Crippen molar-refractivity contribution in [3.05, 3.63) is 41.7 Å². The molecule has 0 aliphatic carbocycles. The Kier molecular flexibility index (Phi) is 4.97. The zero-order valence-electron chi connectivity index (χ0n) is 15.3. The number of amides is 2. The number of piperidine rings is 1. The van der Waals surface area contributed by atoms with Crippen molar-refractivity contribution < 1.29 is 14.7 Å². The van der Waals surface area contributed by atoms with Crippen LogP contribution in [0.3, 0.4) is 0 Å². The van der Waals surface area contributed by atoms with Crippen LogP contribution >= 0.6 is 0 Å². The number of aliphatic carboxylic acids is 1. The molecule has 0 spiro atoms. The Morgan fingerprint density at radius 3 is 2.54 bits per heavy atom. The summed E-state index contributed by atoms with van der Waals surface area (Å²) >= 11 is 0. The molecular weight excluding hydrogens is 332 g/mol. The molecule has 7 nitrogen and oxygen atoms in total. The van der Waals surface area contributed by atoms with Gasteiger partial charge in [0.05, 0.1) is 28.7 Å². The summed E-state index contributed by atoms with van der Waals surface area (Å²) in [5.74, 6) is -1.21. The van der Waals surface area contributed by atoms with Gasteiger partial charge in [-0.1, -0.05) is 25.1 Å². The molecule has 3 rings (SSSR count). The van der Waals surface area contributed by atoms with Crippen molar-refractivity contribution in [1.29, 1.82) is 0 Å². The molecule has 1 aliphatic heterocycles. The Balaban J connectivity index is 1.79. The Bertz CT molecular complexity index is 816. The predicted molar refractivity (Wildman–Crippen MR) is 98.5 cm³/mol. The molecule has 1 fully saturated rings. The molecule has 2 atom stereocenters. The third kappa shape index (κ3) is 3.56. The van der Waals surface area contributed by atoms with Crippen molar-refractivity contribution in [1.82, 2.24) is 14.7 Å². The third-order valence-corrected chi connectivity index (χ3v) is 4.82. The van der Waals surface area contributed by atoms with Gasteiger partial charge in [0.25, 0.3) is 0 Å². The lowest BCUT2D eigenvalue weighted by atomic mass is 9.91. The second-order valence-electron chi connectivity index (χ2n) is 7.00. The number of aryl methyl sites for hydroxylation is 1. The van der Waals surface area contributed by atoms with E-state index in [1.807, 2.05) is 51.1 Å². The molecule has 0 bridgehead atoms. The number of carboxylic acids is 1. The van der Waals surface area contributed by atoms with Crippen LogP contribution in [0, 0.1) is 25.7 Å². The highest BCUT2D eigenvalue weighted by Gasteiger charge is 2.32. The van der Waals surface area contributed by atoms with Gasteiger partial charge >= 0.3 is 12.0 Å². The molecule has 1 aromatic carbocycles. The lowest BCUT2D eigenvalue weighted by molar-refractivity contribution is -0.143. The van der Waals surface area contributed by atoms with Gasteiger partial charge in [0.1, 0.15) is 0 Å². The van der Waals surface area contributed by atoms with Crippen molar-refractivity contribution >= 4 is 17.7 Å². The molecule has 0 radical (unpaired) electrons. The minimum absolute atomic E-state index is 0.157. The van der Waals surface area contributed by atoms with Gasteiger partial charge in [0.2, 0.25) is 0 Å². The number of anilines is 1. The number of rotatable bonds is 3. The molecule has 0 saturated carbocycles. The van der Waals surface area contributed by atoms with Gasteiger partial charge in [-0.25, -0.2) is 9.48 Å². The molecule has 7 heteroatoms. The minimum Gasteiger partial charge on any atom is -0.481 e. The number of carbonyl (C=O) groups excluding carboxylic acids is 1. The monoisotopic (exact) mass is 356 g/mol. The van der Waals surface area contributed by atoms with Crippen LogP contribution in [0.4, 0.5) is 10.5 Å². The first-order valence-electron chi connectivity index (χ1n) is 8.77. The molecule has 1 saturated heterocycles. The van der Waals surface area contributed by atoms with Crippen LogP contribution < -0.4 is 5.32 Å². The largest absolute Gasteiger partial charge is 0.481 e. The number of nitrogens with zero attached hydrogens (tertiary/aromatic N) is 3. The fourth-order valence-corrected chi connectivity index (χ4v) is 3.53. The number of para-hydroxylation sites is 1. The smallest absolute Gasteiger partial charge is 0.321 e. The van der Waals surface area contributed by atoms with Gasteiger partial charge in [-0.3, -0.25) is 4.79 Å². The number of hydrogen-bond acceptors (Lipinski definition) is 3.